The Bertz CT molecular complexity index is 806. The van der Waals surface area contributed by atoms with Crippen LogP contribution in [-0.2, 0) is 4.79 Å². The molecule has 1 aliphatic rings. The van der Waals surface area contributed by atoms with Crippen LogP contribution in [0.15, 0.2) is 42.6 Å². The molecule has 2 aromatic rings. The average molecular weight is 350 g/mol. The minimum absolute atomic E-state index is 0.00524. The molecular weight excluding hydrogens is 337 g/mol. The van der Waals surface area contributed by atoms with Crippen LogP contribution in [0.5, 0.6) is 0 Å². The molecule has 0 spiro atoms. The van der Waals surface area contributed by atoms with Gasteiger partial charge in [-0.25, -0.2) is 4.98 Å². The number of amides is 2. The van der Waals surface area contributed by atoms with E-state index in [0.717, 1.165) is 0 Å². The fourth-order valence-electron chi connectivity index (χ4n) is 2.39. The van der Waals surface area contributed by atoms with Crippen LogP contribution in [0.4, 0.5) is 30.4 Å². The monoisotopic (exact) mass is 350 g/mol. The molecule has 3 rings (SSSR count). The van der Waals surface area contributed by atoms with Crippen molar-refractivity contribution in [2.24, 2.45) is 0 Å². The van der Waals surface area contributed by atoms with E-state index in [4.69, 9.17) is 0 Å². The van der Waals surface area contributed by atoms with E-state index in [1.165, 1.54) is 23.2 Å². The molecule has 0 unspecified atom stereocenters. The van der Waals surface area contributed by atoms with Crippen LogP contribution in [0.2, 0.25) is 0 Å². The Hall–Kier alpha value is -3.10. The third-order valence-corrected chi connectivity index (χ3v) is 3.50. The predicted octanol–water partition coefficient (Wildman–Crippen LogP) is 2.65. The summed E-state index contributed by atoms with van der Waals surface area (Å²) in [5, 5.41) is 4.80. The molecule has 9 heteroatoms. The number of alkyl halides is 3. The number of nitrogens with zero attached hydrogens (tertiary/aromatic N) is 2. The lowest BCUT2D eigenvalue weighted by atomic mass is 10.1. The lowest BCUT2D eigenvalue weighted by molar-refractivity contribution is -0.115. The van der Waals surface area contributed by atoms with Crippen molar-refractivity contribution in [3.63, 3.8) is 0 Å². The predicted molar refractivity (Wildman–Crippen MR) is 85.5 cm³/mol. The lowest BCUT2D eigenvalue weighted by Crippen LogP contribution is -2.42. The van der Waals surface area contributed by atoms with Crippen molar-refractivity contribution in [3.8, 4) is 0 Å². The molecule has 1 aromatic heterocycles. The highest BCUT2D eigenvalue weighted by molar-refractivity contribution is 6.15. The van der Waals surface area contributed by atoms with Gasteiger partial charge >= 0.3 is 6.18 Å². The normalized spacial score (nSPS) is 13.9. The fraction of sp³-hybridized carbons (Fsp3) is 0.188. The number of anilines is 3. The molecular formula is C16H13F3N4O2. The summed E-state index contributed by atoms with van der Waals surface area (Å²) in [7, 11) is 0. The molecule has 0 atom stereocenters. The van der Waals surface area contributed by atoms with Crippen molar-refractivity contribution in [2.45, 2.75) is 6.18 Å². The maximum Gasteiger partial charge on any atom is 0.405 e. The standard InChI is InChI=1S/C16H13F3N4O2/c17-16(18,19)9-21-13-6-5-10(7-20-13)15(25)23-8-14(24)22-11-3-1-2-4-12(11)23/h1-7H,8-9H2,(H,20,21)(H,22,24). The first kappa shape index (κ1) is 16.7. The zero-order valence-electron chi connectivity index (χ0n) is 12.8. The SMILES string of the molecule is O=C1CN(C(=O)c2ccc(NCC(F)(F)F)nc2)c2ccccc2N1. The Kier molecular flexibility index (Phi) is 4.30. The van der Waals surface area contributed by atoms with E-state index in [9.17, 15) is 22.8 Å². The molecule has 2 heterocycles. The Morgan fingerprint density at radius 3 is 2.68 bits per heavy atom. The molecule has 2 amide bonds. The number of pyridine rings is 1. The summed E-state index contributed by atoms with van der Waals surface area (Å²) in [5.74, 6) is -0.786. The van der Waals surface area contributed by atoms with E-state index in [1.54, 1.807) is 24.3 Å². The van der Waals surface area contributed by atoms with Gasteiger partial charge in [0.1, 0.15) is 18.9 Å². The maximum absolute atomic E-state index is 12.6. The average Bonchev–Trinajstić information content (AvgIpc) is 2.58. The number of nitrogens with one attached hydrogen (secondary N) is 2. The number of halogens is 3. The van der Waals surface area contributed by atoms with Crippen LogP contribution in [0, 0.1) is 0 Å². The summed E-state index contributed by atoms with van der Waals surface area (Å²) in [6.07, 6.45) is -3.18. The van der Waals surface area contributed by atoms with Crippen molar-refractivity contribution in [2.75, 3.05) is 28.6 Å². The zero-order valence-corrected chi connectivity index (χ0v) is 12.8. The molecule has 130 valence electrons. The second-order valence-electron chi connectivity index (χ2n) is 5.36. The van der Waals surface area contributed by atoms with Gasteiger partial charge in [-0.3, -0.25) is 14.5 Å². The van der Waals surface area contributed by atoms with Gasteiger partial charge in [-0.1, -0.05) is 12.1 Å². The largest absolute Gasteiger partial charge is 0.405 e. The summed E-state index contributed by atoms with van der Waals surface area (Å²) in [6.45, 7) is -1.36. The minimum atomic E-state index is -4.36. The fourth-order valence-corrected chi connectivity index (χ4v) is 2.39. The van der Waals surface area contributed by atoms with Gasteiger partial charge in [0.2, 0.25) is 5.91 Å². The number of benzene rings is 1. The third-order valence-electron chi connectivity index (χ3n) is 3.50. The molecule has 0 saturated heterocycles. The summed E-state index contributed by atoms with van der Waals surface area (Å²) in [5.41, 5.74) is 1.23. The van der Waals surface area contributed by atoms with Gasteiger partial charge < -0.3 is 10.6 Å². The minimum Gasteiger partial charge on any atom is -0.361 e. The second-order valence-corrected chi connectivity index (χ2v) is 5.36. The second kappa shape index (κ2) is 6.42. The number of hydrogen-bond acceptors (Lipinski definition) is 4. The van der Waals surface area contributed by atoms with E-state index in [-0.39, 0.29) is 23.8 Å². The molecule has 1 aromatic carbocycles. The number of carbonyl (C=O) groups excluding carboxylic acids is 2. The molecule has 0 aliphatic carbocycles. The number of hydrogen-bond donors (Lipinski definition) is 2. The summed E-state index contributed by atoms with van der Waals surface area (Å²) in [4.78, 5) is 29.5. The van der Waals surface area contributed by atoms with E-state index in [2.05, 4.69) is 15.6 Å². The first-order valence-corrected chi connectivity index (χ1v) is 7.31. The topological polar surface area (TPSA) is 74.3 Å². The molecule has 6 nitrogen and oxygen atoms in total. The van der Waals surface area contributed by atoms with Crippen LogP contribution in [0.3, 0.4) is 0 Å². The zero-order chi connectivity index (χ0) is 18.0. The van der Waals surface area contributed by atoms with Crippen LogP contribution < -0.4 is 15.5 Å². The van der Waals surface area contributed by atoms with Crippen molar-refractivity contribution in [1.82, 2.24) is 4.98 Å². The molecule has 0 saturated carbocycles. The number of carbonyl (C=O) groups is 2. The quantitative estimate of drug-likeness (QED) is 0.893. The molecule has 1 aliphatic heterocycles. The first-order chi connectivity index (χ1) is 11.8. The molecule has 2 N–H and O–H groups in total. The Morgan fingerprint density at radius 2 is 2.00 bits per heavy atom. The maximum atomic E-state index is 12.6. The summed E-state index contributed by atoms with van der Waals surface area (Å²) in [6, 6.07) is 9.49. The molecule has 0 fully saturated rings. The van der Waals surface area contributed by atoms with Gasteiger partial charge in [0, 0.05) is 6.20 Å². The number of fused-ring (bicyclic) bond motifs is 1. The van der Waals surface area contributed by atoms with E-state index in [0.29, 0.717) is 11.4 Å². The summed E-state index contributed by atoms with van der Waals surface area (Å²) >= 11 is 0. The Balaban J connectivity index is 1.78. The number of para-hydroxylation sites is 2. The molecule has 25 heavy (non-hydrogen) atoms. The van der Waals surface area contributed by atoms with Crippen molar-refractivity contribution < 1.29 is 22.8 Å². The number of aromatic nitrogens is 1. The lowest BCUT2D eigenvalue weighted by Gasteiger charge is -2.29. The Morgan fingerprint density at radius 1 is 1.24 bits per heavy atom. The van der Waals surface area contributed by atoms with Crippen LogP contribution in [0.25, 0.3) is 0 Å². The highest BCUT2D eigenvalue weighted by atomic mass is 19.4. The first-order valence-electron chi connectivity index (χ1n) is 7.31. The van der Waals surface area contributed by atoms with Gasteiger partial charge in [0.15, 0.2) is 0 Å². The molecule has 0 bridgehead atoms. The highest BCUT2D eigenvalue weighted by Crippen LogP contribution is 2.30. The van der Waals surface area contributed by atoms with Crippen LogP contribution >= 0.6 is 0 Å². The van der Waals surface area contributed by atoms with Crippen molar-refractivity contribution in [3.05, 3.63) is 48.2 Å². The molecule has 0 radical (unpaired) electrons. The Labute approximate surface area is 140 Å². The highest BCUT2D eigenvalue weighted by Gasteiger charge is 2.28. The van der Waals surface area contributed by atoms with Crippen LogP contribution in [-0.4, -0.2) is 36.1 Å². The van der Waals surface area contributed by atoms with Gasteiger partial charge in [-0.05, 0) is 24.3 Å². The van der Waals surface area contributed by atoms with Crippen molar-refractivity contribution in [1.29, 1.82) is 0 Å². The van der Waals surface area contributed by atoms with Gasteiger partial charge in [0.25, 0.3) is 5.91 Å². The van der Waals surface area contributed by atoms with E-state index < -0.39 is 18.6 Å². The third kappa shape index (κ3) is 3.87. The van der Waals surface area contributed by atoms with Gasteiger partial charge in [-0.2, -0.15) is 13.2 Å². The van der Waals surface area contributed by atoms with E-state index >= 15 is 0 Å². The smallest absolute Gasteiger partial charge is 0.361 e. The van der Waals surface area contributed by atoms with Gasteiger partial charge in [-0.15, -0.1) is 0 Å². The van der Waals surface area contributed by atoms with Crippen molar-refractivity contribution >= 4 is 29.0 Å². The summed E-state index contributed by atoms with van der Waals surface area (Å²) < 4.78 is 36.5. The van der Waals surface area contributed by atoms with E-state index in [1.807, 2.05) is 0 Å². The number of rotatable bonds is 3. The van der Waals surface area contributed by atoms with Gasteiger partial charge in [0.05, 0.1) is 16.9 Å². The van der Waals surface area contributed by atoms with Crippen LogP contribution in [0.1, 0.15) is 10.4 Å².